The van der Waals surface area contributed by atoms with Gasteiger partial charge >= 0.3 is 0 Å². The van der Waals surface area contributed by atoms with Crippen LogP contribution in [0.3, 0.4) is 0 Å². The molecule has 1 aromatic heterocycles. The number of phenolic OH excluding ortho intramolecular Hbond substituents is 1. The molecule has 2 rings (SSSR count). The molecule has 1 aromatic carbocycles. The van der Waals surface area contributed by atoms with Crippen molar-refractivity contribution in [3.63, 3.8) is 0 Å². The van der Waals surface area contributed by atoms with Gasteiger partial charge in [0.15, 0.2) is 0 Å². The predicted octanol–water partition coefficient (Wildman–Crippen LogP) is 0.609. The first-order chi connectivity index (χ1) is 7.31. The van der Waals surface area contributed by atoms with Gasteiger partial charge < -0.3 is 10.8 Å². The second kappa shape index (κ2) is 4.10. The molecular formula is C10H12N4O. The highest BCUT2D eigenvalue weighted by Gasteiger charge is 2.05. The number of nitrogens with zero attached hydrogens (tertiary/aromatic N) is 3. The Bertz CT molecular complexity index is 452. The van der Waals surface area contributed by atoms with Crippen LogP contribution in [0.25, 0.3) is 11.3 Å². The number of phenols is 1. The lowest BCUT2D eigenvalue weighted by Crippen LogP contribution is -2.12. The molecule has 0 bridgehead atoms. The van der Waals surface area contributed by atoms with Crippen LogP contribution in [0.2, 0.25) is 0 Å². The fraction of sp³-hybridized carbons (Fsp3) is 0.200. The smallest absolute Gasteiger partial charge is 0.116 e. The van der Waals surface area contributed by atoms with Crippen LogP contribution in [0.1, 0.15) is 0 Å². The van der Waals surface area contributed by atoms with Crippen LogP contribution in [-0.4, -0.2) is 26.6 Å². The quantitative estimate of drug-likeness (QED) is 0.768. The Morgan fingerprint density at radius 3 is 3.00 bits per heavy atom. The molecule has 0 amide bonds. The Morgan fingerprint density at radius 2 is 2.27 bits per heavy atom. The summed E-state index contributed by atoms with van der Waals surface area (Å²) >= 11 is 0. The van der Waals surface area contributed by atoms with E-state index < -0.39 is 0 Å². The molecule has 0 spiro atoms. The average molecular weight is 204 g/mol. The van der Waals surface area contributed by atoms with Crippen molar-refractivity contribution < 1.29 is 5.11 Å². The van der Waals surface area contributed by atoms with Crippen molar-refractivity contribution >= 4 is 0 Å². The molecule has 0 fully saturated rings. The van der Waals surface area contributed by atoms with E-state index in [0.717, 1.165) is 11.3 Å². The summed E-state index contributed by atoms with van der Waals surface area (Å²) in [7, 11) is 0. The first kappa shape index (κ1) is 9.67. The minimum absolute atomic E-state index is 0.230. The Labute approximate surface area is 87.1 Å². The maximum absolute atomic E-state index is 9.36. The lowest BCUT2D eigenvalue weighted by molar-refractivity contribution is 0.475. The Morgan fingerprint density at radius 1 is 1.40 bits per heavy atom. The summed E-state index contributed by atoms with van der Waals surface area (Å²) in [4.78, 5) is 0. The van der Waals surface area contributed by atoms with Gasteiger partial charge in [0.05, 0.1) is 18.4 Å². The molecule has 0 aliphatic heterocycles. The van der Waals surface area contributed by atoms with Crippen LogP contribution in [0.5, 0.6) is 5.75 Å². The maximum atomic E-state index is 9.36. The van der Waals surface area contributed by atoms with Gasteiger partial charge in [0.25, 0.3) is 0 Å². The van der Waals surface area contributed by atoms with E-state index in [0.29, 0.717) is 13.1 Å². The first-order valence-electron chi connectivity index (χ1n) is 4.69. The van der Waals surface area contributed by atoms with E-state index in [9.17, 15) is 5.11 Å². The second-order valence-electron chi connectivity index (χ2n) is 3.18. The molecule has 3 N–H and O–H groups in total. The third-order valence-corrected chi connectivity index (χ3v) is 2.10. The Balaban J connectivity index is 2.40. The highest BCUT2D eigenvalue weighted by Crippen LogP contribution is 2.21. The minimum Gasteiger partial charge on any atom is -0.508 e. The van der Waals surface area contributed by atoms with Crippen LogP contribution >= 0.6 is 0 Å². The number of aromatic nitrogens is 3. The fourth-order valence-corrected chi connectivity index (χ4v) is 1.43. The van der Waals surface area contributed by atoms with Crippen LogP contribution in [0.4, 0.5) is 0 Å². The molecule has 5 heteroatoms. The summed E-state index contributed by atoms with van der Waals surface area (Å²) in [5.41, 5.74) is 7.20. The number of hydrogen-bond acceptors (Lipinski definition) is 4. The number of rotatable bonds is 3. The molecule has 0 saturated heterocycles. The van der Waals surface area contributed by atoms with Crippen molar-refractivity contribution in [3.05, 3.63) is 30.5 Å². The van der Waals surface area contributed by atoms with Crippen molar-refractivity contribution in [2.24, 2.45) is 5.73 Å². The zero-order chi connectivity index (χ0) is 10.7. The van der Waals surface area contributed by atoms with E-state index in [1.807, 2.05) is 6.07 Å². The third-order valence-electron chi connectivity index (χ3n) is 2.10. The van der Waals surface area contributed by atoms with Crippen LogP contribution in [0, 0.1) is 0 Å². The van der Waals surface area contributed by atoms with Gasteiger partial charge in [-0.1, -0.05) is 17.3 Å². The van der Waals surface area contributed by atoms with Crippen molar-refractivity contribution in [2.75, 3.05) is 6.54 Å². The molecule has 5 nitrogen and oxygen atoms in total. The van der Waals surface area contributed by atoms with E-state index >= 15 is 0 Å². The number of nitrogens with two attached hydrogens (primary N) is 1. The highest BCUT2D eigenvalue weighted by atomic mass is 16.3. The molecule has 0 aliphatic rings. The monoisotopic (exact) mass is 204 g/mol. The van der Waals surface area contributed by atoms with Gasteiger partial charge in [0.1, 0.15) is 5.75 Å². The van der Waals surface area contributed by atoms with Gasteiger partial charge in [0.2, 0.25) is 0 Å². The molecule has 0 atom stereocenters. The minimum atomic E-state index is 0.230. The number of aromatic hydroxyl groups is 1. The van der Waals surface area contributed by atoms with E-state index in [2.05, 4.69) is 10.3 Å². The molecule has 0 unspecified atom stereocenters. The summed E-state index contributed by atoms with van der Waals surface area (Å²) in [5, 5.41) is 17.1. The maximum Gasteiger partial charge on any atom is 0.116 e. The summed E-state index contributed by atoms with van der Waals surface area (Å²) in [6.45, 7) is 1.13. The summed E-state index contributed by atoms with van der Waals surface area (Å²) in [6, 6.07) is 6.97. The normalized spacial score (nSPS) is 10.5. The van der Waals surface area contributed by atoms with E-state index in [-0.39, 0.29) is 5.75 Å². The van der Waals surface area contributed by atoms with Crippen molar-refractivity contribution in [1.29, 1.82) is 0 Å². The molecule has 78 valence electrons. The van der Waals surface area contributed by atoms with Crippen LogP contribution in [-0.2, 0) is 6.54 Å². The number of hydrogen-bond donors (Lipinski definition) is 2. The molecule has 1 heterocycles. The highest BCUT2D eigenvalue weighted by molar-refractivity contribution is 5.60. The summed E-state index contributed by atoms with van der Waals surface area (Å²) in [5.74, 6) is 0.230. The van der Waals surface area contributed by atoms with Crippen LogP contribution in [0.15, 0.2) is 30.5 Å². The molecule has 15 heavy (non-hydrogen) atoms. The molecular weight excluding hydrogens is 192 g/mol. The fourth-order valence-electron chi connectivity index (χ4n) is 1.43. The van der Waals surface area contributed by atoms with E-state index in [1.165, 1.54) is 0 Å². The van der Waals surface area contributed by atoms with Gasteiger partial charge in [-0.25, -0.2) is 4.68 Å². The molecule has 2 aromatic rings. The Kier molecular flexibility index (Phi) is 2.64. The van der Waals surface area contributed by atoms with Crippen LogP contribution < -0.4 is 5.73 Å². The zero-order valence-electron chi connectivity index (χ0n) is 8.17. The van der Waals surface area contributed by atoms with E-state index in [1.54, 1.807) is 29.1 Å². The van der Waals surface area contributed by atoms with E-state index in [4.69, 9.17) is 5.73 Å². The van der Waals surface area contributed by atoms with Crippen molar-refractivity contribution in [1.82, 2.24) is 15.0 Å². The molecule has 0 aliphatic carbocycles. The lowest BCUT2D eigenvalue weighted by atomic mass is 10.1. The number of benzene rings is 1. The molecule has 0 radical (unpaired) electrons. The summed E-state index contributed by atoms with van der Waals surface area (Å²) in [6.07, 6.45) is 1.66. The average Bonchev–Trinajstić information content (AvgIpc) is 2.66. The largest absolute Gasteiger partial charge is 0.508 e. The van der Waals surface area contributed by atoms with Gasteiger partial charge in [0, 0.05) is 12.1 Å². The van der Waals surface area contributed by atoms with Gasteiger partial charge in [-0.2, -0.15) is 0 Å². The predicted molar refractivity (Wildman–Crippen MR) is 56.2 cm³/mol. The zero-order valence-corrected chi connectivity index (χ0v) is 8.17. The molecule has 0 saturated carbocycles. The standard InChI is InChI=1S/C10H12N4O/c11-4-5-14-10(7-12-13-14)8-2-1-3-9(15)6-8/h1-3,6-7,15H,4-5,11H2. The third kappa shape index (κ3) is 1.97. The topological polar surface area (TPSA) is 77.0 Å². The van der Waals surface area contributed by atoms with Crippen molar-refractivity contribution in [2.45, 2.75) is 6.54 Å². The van der Waals surface area contributed by atoms with Gasteiger partial charge in [-0.15, -0.1) is 5.10 Å². The lowest BCUT2D eigenvalue weighted by Gasteiger charge is -2.04. The van der Waals surface area contributed by atoms with Crippen molar-refractivity contribution in [3.8, 4) is 17.0 Å². The SMILES string of the molecule is NCCn1nncc1-c1cccc(O)c1. The second-order valence-corrected chi connectivity index (χ2v) is 3.18. The Hall–Kier alpha value is -1.88. The van der Waals surface area contributed by atoms with Gasteiger partial charge in [-0.05, 0) is 12.1 Å². The summed E-state index contributed by atoms with van der Waals surface area (Å²) < 4.78 is 1.72. The van der Waals surface area contributed by atoms with Gasteiger partial charge in [-0.3, -0.25) is 0 Å². The first-order valence-corrected chi connectivity index (χ1v) is 4.69.